The third-order valence-electron chi connectivity index (χ3n) is 3.50. The predicted octanol–water partition coefficient (Wildman–Crippen LogP) is 0.955. The third kappa shape index (κ3) is 3.52. The number of halogens is 1. The molecular formula is C15H17BrNO5-. The van der Waals surface area contributed by atoms with E-state index in [-0.39, 0.29) is 18.9 Å². The maximum atomic E-state index is 11.9. The van der Waals surface area contributed by atoms with Gasteiger partial charge in [0.1, 0.15) is 0 Å². The van der Waals surface area contributed by atoms with Gasteiger partial charge in [0, 0.05) is 31.4 Å². The molecule has 1 amide bonds. The van der Waals surface area contributed by atoms with Crippen LogP contribution in [0.5, 0.6) is 11.5 Å². The Hall–Kier alpha value is -1.76. The van der Waals surface area contributed by atoms with Crippen LogP contribution in [0.25, 0.3) is 0 Å². The molecule has 1 aromatic rings. The Morgan fingerprint density at radius 1 is 1.50 bits per heavy atom. The number of carbonyl (C=O) groups excluding carboxylic acids is 2. The minimum atomic E-state index is -1.18. The lowest BCUT2D eigenvalue weighted by Gasteiger charge is -2.19. The van der Waals surface area contributed by atoms with Crippen molar-refractivity contribution in [1.29, 1.82) is 0 Å². The number of rotatable bonds is 6. The number of likely N-dealkylation sites (tertiary alicyclic amines) is 1. The number of ether oxygens (including phenoxy) is 2. The number of hydrogen-bond acceptors (Lipinski definition) is 5. The van der Waals surface area contributed by atoms with Gasteiger partial charge in [0.2, 0.25) is 5.91 Å². The Labute approximate surface area is 137 Å². The summed E-state index contributed by atoms with van der Waals surface area (Å²) in [7, 11) is 1.54. The summed E-state index contributed by atoms with van der Waals surface area (Å²) in [5.41, 5.74) is 0.833. The van der Waals surface area contributed by atoms with E-state index in [0.717, 1.165) is 10.0 Å². The number of nitrogens with zero attached hydrogens (tertiary/aromatic N) is 1. The summed E-state index contributed by atoms with van der Waals surface area (Å²) in [6, 6.07) is 3.63. The van der Waals surface area contributed by atoms with Gasteiger partial charge in [-0.15, -0.1) is 0 Å². The first-order chi connectivity index (χ1) is 10.5. The number of aliphatic carboxylic acids is 1. The number of hydrogen-bond donors (Lipinski definition) is 0. The maximum absolute atomic E-state index is 11.9. The van der Waals surface area contributed by atoms with Crippen molar-refractivity contribution in [3.63, 3.8) is 0 Å². The van der Waals surface area contributed by atoms with Gasteiger partial charge in [-0.1, -0.05) is 0 Å². The monoisotopic (exact) mass is 370 g/mol. The molecule has 0 spiro atoms. The lowest BCUT2D eigenvalue weighted by Crippen LogP contribution is -2.33. The smallest absolute Gasteiger partial charge is 0.223 e. The summed E-state index contributed by atoms with van der Waals surface area (Å²) in [5, 5.41) is 10.9. The largest absolute Gasteiger partial charge is 0.550 e. The molecule has 1 atom stereocenters. The summed E-state index contributed by atoms with van der Waals surface area (Å²) in [5.74, 6) is -0.927. The highest BCUT2D eigenvalue weighted by Gasteiger charge is 2.30. The van der Waals surface area contributed by atoms with Crippen LogP contribution in [0.3, 0.4) is 0 Å². The van der Waals surface area contributed by atoms with Crippen LogP contribution in [-0.4, -0.2) is 37.0 Å². The highest BCUT2D eigenvalue weighted by atomic mass is 79.9. The molecule has 0 aliphatic carbocycles. The van der Waals surface area contributed by atoms with Crippen molar-refractivity contribution >= 4 is 27.8 Å². The molecule has 0 N–H and O–H groups in total. The highest BCUT2D eigenvalue weighted by molar-refractivity contribution is 9.10. The number of carboxylic acids is 1. The fraction of sp³-hybridized carbons (Fsp3) is 0.467. The van der Waals surface area contributed by atoms with Crippen LogP contribution in [0.15, 0.2) is 16.6 Å². The minimum absolute atomic E-state index is 0.00231. The number of carbonyl (C=O) groups is 2. The first kappa shape index (κ1) is 16.6. The quantitative estimate of drug-likeness (QED) is 0.744. The summed E-state index contributed by atoms with van der Waals surface area (Å²) >= 11 is 3.43. The highest BCUT2D eigenvalue weighted by Crippen LogP contribution is 2.37. The molecule has 0 unspecified atom stereocenters. The third-order valence-corrected chi connectivity index (χ3v) is 4.09. The fourth-order valence-electron chi connectivity index (χ4n) is 2.45. The Bertz CT molecular complexity index is 590. The number of amides is 1. The molecule has 7 heteroatoms. The Morgan fingerprint density at radius 3 is 2.77 bits per heavy atom. The van der Waals surface area contributed by atoms with Gasteiger partial charge in [0.05, 0.1) is 18.2 Å². The average Bonchev–Trinajstić information content (AvgIpc) is 2.83. The molecule has 1 fully saturated rings. The summed E-state index contributed by atoms with van der Waals surface area (Å²) in [6.07, 6.45) is -0.00231. The lowest BCUT2D eigenvalue weighted by molar-refractivity contribution is -0.311. The molecule has 1 aliphatic heterocycles. The van der Waals surface area contributed by atoms with Crippen LogP contribution in [-0.2, 0) is 16.1 Å². The van der Waals surface area contributed by atoms with E-state index in [1.165, 1.54) is 4.90 Å². The molecule has 120 valence electrons. The number of carboxylic acid groups (broad SMARTS) is 1. The lowest BCUT2D eigenvalue weighted by atomic mass is 10.1. The van der Waals surface area contributed by atoms with E-state index in [1.54, 1.807) is 13.2 Å². The van der Waals surface area contributed by atoms with E-state index < -0.39 is 11.9 Å². The van der Waals surface area contributed by atoms with Crippen molar-refractivity contribution < 1.29 is 24.2 Å². The van der Waals surface area contributed by atoms with E-state index in [0.29, 0.717) is 24.7 Å². The summed E-state index contributed by atoms with van der Waals surface area (Å²) in [6.45, 7) is 2.88. The molecule has 0 bridgehead atoms. The van der Waals surface area contributed by atoms with E-state index >= 15 is 0 Å². The van der Waals surface area contributed by atoms with Crippen LogP contribution in [0.1, 0.15) is 18.9 Å². The fourth-order valence-corrected chi connectivity index (χ4v) is 3.06. The molecule has 6 nitrogen and oxygen atoms in total. The van der Waals surface area contributed by atoms with E-state index in [9.17, 15) is 14.7 Å². The van der Waals surface area contributed by atoms with Crippen LogP contribution in [0.4, 0.5) is 0 Å². The second-order valence-electron chi connectivity index (χ2n) is 5.04. The van der Waals surface area contributed by atoms with Gasteiger partial charge in [-0.25, -0.2) is 0 Å². The second kappa shape index (κ2) is 7.00. The topological polar surface area (TPSA) is 78.9 Å². The van der Waals surface area contributed by atoms with Crippen LogP contribution in [0, 0.1) is 5.92 Å². The zero-order valence-corrected chi connectivity index (χ0v) is 14.0. The Morgan fingerprint density at radius 2 is 2.23 bits per heavy atom. The van der Waals surface area contributed by atoms with Crippen LogP contribution >= 0.6 is 15.9 Å². The maximum Gasteiger partial charge on any atom is 0.223 e. The van der Waals surface area contributed by atoms with E-state index in [1.807, 2.05) is 13.0 Å². The van der Waals surface area contributed by atoms with Gasteiger partial charge in [-0.05, 0) is 40.5 Å². The molecule has 1 heterocycles. The molecule has 1 aliphatic rings. The average molecular weight is 371 g/mol. The zero-order valence-electron chi connectivity index (χ0n) is 12.4. The van der Waals surface area contributed by atoms with Gasteiger partial charge in [-0.3, -0.25) is 4.79 Å². The van der Waals surface area contributed by atoms with Gasteiger partial charge in [0.15, 0.2) is 11.5 Å². The molecule has 22 heavy (non-hydrogen) atoms. The summed E-state index contributed by atoms with van der Waals surface area (Å²) in [4.78, 5) is 24.3. The first-order valence-electron chi connectivity index (χ1n) is 6.94. The molecule has 0 radical (unpaired) electrons. The van der Waals surface area contributed by atoms with Gasteiger partial charge < -0.3 is 24.3 Å². The number of benzene rings is 1. The second-order valence-corrected chi connectivity index (χ2v) is 5.89. The van der Waals surface area contributed by atoms with Gasteiger partial charge in [-0.2, -0.15) is 0 Å². The summed E-state index contributed by atoms with van der Waals surface area (Å²) < 4.78 is 11.6. The molecule has 1 saturated heterocycles. The molecule has 0 aromatic heterocycles. The standard InChI is InChI=1S/C15H18BrNO5/c1-3-22-14-11(16)4-9(5-12(14)21-2)7-17-8-10(15(19)20)6-13(17)18/h4-5,10H,3,6-8H2,1-2H3,(H,19,20)/p-1/t10-/m0/s1. The predicted molar refractivity (Wildman–Crippen MR) is 80.4 cm³/mol. The molecule has 1 aromatic carbocycles. The van der Waals surface area contributed by atoms with Crippen molar-refractivity contribution in [1.82, 2.24) is 4.90 Å². The first-order valence-corrected chi connectivity index (χ1v) is 7.73. The zero-order chi connectivity index (χ0) is 16.3. The molecule has 2 rings (SSSR count). The van der Waals surface area contributed by atoms with Crippen molar-refractivity contribution in [3.05, 3.63) is 22.2 Å². The van der Waals surface area contributed by atoms with Crippen LogP contribution in [0.2, 0.25) is 0 Å². The van der Waals surface area contributed by atoms with Gasteiger partial charge >= 0.3 is 0 Å². The normalized spacial score (nSPS) is 17.7. The van der Waals surface area contributed by atoms with E-state index in [4.69, 9.17) is 9.47 Å². The number of methoxy groups -OCH3 is 1. The van der Waals surface area contributed by atoms with Gasteiger partial charge in [0.25, 0.3) is 0 Å². The van der Waals surface area contributed by atoms with Crippen molar-refractivity contribution in [3.8, 4) is 11.5 Å². The minimum Gasteiger partial charge on any atom is -0.550 e. The SMILES string of the molecule is CCOc1c(Br)cc(CN2C[C@@H](C(=O)[O-])CC2=O)cc1OC. The Kier molecular flexibility index (Phi) is 5.28. The Balaban J connectivity index is 2.18. The van der Waals surface area contributed by atoms with E-state index in [2.05, 4.69) is 15.9 Å². The van der Waals surface area contributed by atoms with Crippen LogP contribution < -0.4 is 14.6 Å². The molecular weight excluding hydrogens is 354 g/mol. The van der Waals surface area contributed by atoms with Crippen molar-refractivity contribution in [2.24, 2.45) is 5.92 Å². The van der Waals surface area contributed by atoms with Crippen molar-refractivity contribution in [2.75, 3.05) is 20.3 Å². The van der Waals surface area contributed by atoms with Crippen molar-refractivity contribution in [2.45, 2.75) is 19.9 Å². The molecule has 0 saturated carbocycles.